The number of hydrogen-bond donors (Lipinski definition) is 1. The molecule has 1 aromatic carbocycles. The van der Waals surface area contributed by atoms with Crippen LogP contribution >= 0.6 is 11.6 Å². The van der Waals surface area contributed by atoms with Crippen LogP contribution in [0.4, 0.5) is 5.69 Å². The summed E-state index contributed by atoms with van der Waals surface area (Å²) in [5.74, 6) is -0.734. The van der Waals surface area contributed by atoms with Crippen molar-refractivity contribution in [3.05, 3.63) is 40.6 Å². The molecule has 7 heteroatoms. The van der Waals surface area contributed by atoms with Gasteiger partial charge in [0.05, 0.1) is 0 Å². The Morgan fingerprint density at radius 1 is 0.867 bits per heavy atom. The number of nitrogens with one attached hydrogen (secondary N) is 1. The quantitative estimate of drug-likeness (QED) is 0.726. The Labute approximate surface area is 182 Å². The van der Waals surface area contributed by atoms with Crippen molar-refractivity contribution in [3.8, 4) is 0 Å². The summed E-state index contributed by atoms with van der Waals surface area (Å²) in [6.45, 7) is 1.60. The predicted molar refractivity (Wildman–Crippen MR) is 116 cm³/mol. The van der Waals surface area contributed by atoms with E-state index in [1.54, 1.807) is 24.3 Å². The van der Waals surface area contributed by atoms with Gasteiger partial charge in [0.15, 0.2) is 0 Å². The molecular weight excluding hydrogens is 402 g/mol. The average Bonchev–Trinajstić information content (AvgIpc) is 2.97. The maximum atomic E-state index is 12.9. The molecule has 4 rings (SSSR count). The molecule has 0 radical (unpaired) electrons. The second kappa shape index (κ2) is 9.21. The van der Waals surface area contributed by atoms with Crippen LogP contribution in [-0.4, -0.2) is 46.7 Å². The fourth-order valence-electron chi connectivity index (χ4n) is 4.60. The average molecular weight is 430 g/mol. The van der Waals surface area contributed by atoms with Crippen molar-refractivity contribution in [3.63, 3.8) is 0 Å². The Kier molecular flexibility index (Phi) is 6.42. The van der Waals surface area contributed by atoms with Crippen LogP contribution < -0.4 is 5.32 Å². The lowest BCUT2D eigenvalue weighted by Gasteiger charge is -2.29. The molecule has 2 aliphatic heterocycles. The lowest BCUT2D eigenvalue weighted by Crippen LogP contribution is -2.42. The van der Waals surface area contributed by atoms with Gasteiger partial charge in [0, 0.05) is 30.4 Å². The Bertz CT molecular complexity index is 851. The van der Waals surface area contributed by atoms with Gasteiger partial charge in [-0.25, -0.2) is 0 Å². The molecule has 3 aliphatic rings. The van der Waals surface area contributed by atoms with Gasteiger partial charge in [-0.2, -0.15) is 0 Å². The van der Waals surface area contributed by atoms with E-state index in [1.165, 1.54) is 17.7 Å². The molecule has 1 saturated carbocycles. The highest BCUT2D eigenvalue weighted by Crippen LogP contribution is 2.32. The number of benzene rings is 1. The van der Waals surface area contributed by atoms with Gasteiger partial charge in [0.25, 0.3) is 17.7 Å². The van der Waals surface area contributed by atoms with E-state index >= 15 is 0 Å². The van der Waals surface area contributed by atoms with Gasteiger partial charge < -0.3 is 10.2 Å². The molecule has 0 aromatic heterocycles. The SMILES string of the molecule is O=C(c1ccc(NC2=C(Cl)C(=O)N(C3CCCCC3)C2=O)cc1)N1CCCCCC1. The van der Waals surface area contributed by atoms with Gasteiger partial charge >= 0.3 is 0 Å². The van der Waals surface area contributed by atoms with Crippen LogP contribution in [0.5, 0.6) is 0 Å². The lowest BCUT2D eigenvalue weighted by molar-refractivity contribution is -0.140. The van der Waals surface area contributed by atoms with Crippen molar-refractivity contribution in [2.75, 3.05) is 18.4 Å². The summed E-state index contributed by atoms with van der Waals surface area (Å²) in [5.41, 5.74) is 1.38. The van der Waals surface area contributed by atoms with Crippen LogP contribution in [-0.2, 0) is 9.59 Å². The summed E-state index contributed by atoms with van der Waals surface area (Å²) in [6, 6.07) is 6.95. The summed E-state index contributed by atoms with van der Waals surface area (Å²) < 4.78 is 0. The first kappa shape index (κ1) is 20.9. The third kappa shape index (κ3) is 4.24. The molecule has 0 atom stereocenters. The fourth-order valence-corrected chi connectivity index (χ4v) is 4.81. The smallest absolute Gasteiger partial charge is 0.279 e. The molecule has 160 valence electrons. The topological polar surface area (TPSA) is 69.7 Å². The lowest BCUT2D eigenvalue weighted by atomic mass is 9.94. The minimum Gasteiger partial charge on any atom is -0.350 e. The van der Waals surface area contributed by atoms with Crippen LogP contribution in [0.15, 0.2) is 35.0 Å². The van der Waals surface area contributed by atoms with Gasteiger partial charge in [-0.05, 0) is 49.9 Å². The van der Waals surface area contributed by atoms with Gasteiger partial charge in [-0.3, -0.25) is 19.3 Å². The van der Waals surface area contributed by atoms with Crippen LogP contribution in [0, 0.1) is 0 Å². The largest absolute Gasteiger partial charge is 0.350 e. The maximum absolute atomic E-state index is 12.9. The molecule has 3 amide bonds. The van der Waals surface area contributed by atoms with Crippen molar-refractivity contribution < 1.29 is 14.4 Å². The van der Waals surface area contributed by atoms with E-state index in [0.29, 0.717) is 11.3 Å². The molecule has 30 heavy (non-hydrogen) atoms. The summed E-state index contributed by atoms with van der Waals surface area (Å²) in [4.78, 5) is 41.4. The number of halogens is 1. The number of carbonyl (C=O) groups excluding carboxylic acids is 3. The van der Waals surface area contributed by atoms with Crippen LogP contribution in [0.1, 0.15) is 68.1 Å². The number of rotatable bonds is 4. The van der Waals surface area contributed by atoms with Crippen molar-refractivity contribution >= 4 is 35.0 Å². The van der Waals surface area contributed by atoms with E-state index < -0.39 is 5.91 Å². The summed E-state index contributed by atoms with van der Waals surface area (Å²) in [6.07, 6.45) is 9.30. The third-order valence-electron chi connectivity index (χ3n) is 6.29. The molecule has 0 spiro atoms. The molecule has 2 fully saturated rings. The molecule has 6 nitrogen and oxygen atoms in total. The molecule has 1 saturated heterocycles. The van der Waals surface area contributed by atoms with E-state index in [9.17, 15) is 14.4 Å². The molecule has 1 aromatic rings. The zero-order valence-corrected chi connectivity index (χ0v) is 17.9. The Balaban J connectivity index is 1.44. The fraction of sp³-hybridized carbons (Fsp3) is 0.522. The molecule has 2 heterocycles. The zero-order chi connectivity index (χ0) is 21.1. The highest BCUT2D eigenvalue weighted by Gasteiger charge is 2.42. The number of imide groups is 1. The molecular formula is C23H28ClN3O3. The van der Waals surface area contributed by atoms with E-state index in [2.05, 4.69) is 5.32 Å². The van der Waals surface area contributed by atoms with Crippen LogP contribution in [0.25, 0.3) is 0 Å². The normalized spacial score (nSPS) is 21.2. The third-order valence-corrected chi connectivity index (χ3v) is 6.64. The van der Waals surface area contributed by atoms with Crippen molar-refractivity contribution in [2.24, 2.45) is 0 Å². The standard InChI is InChI=1S/C23H28ClN3O3/c24-19-20(23(30)27(22(19)29)18-8-4-3-5-9-18)25-17-12-10-16(11-13-17)21(28)26-14-6-1-2-7-15-26/h10-13,18,25H,1-9,14-15H2. The molecule has 1 N–H and O–H groups in total. The minimum atomic E-state index is -0.413. The van der Waals surface area contributed by atoms with Crippen LogP contribution in [0.2, 0.25) is 0 Å². The number of carbonyl (C=O) groups is 3. The van der Waals surface area contributed by atoms with Gasteiger partial charge in [0.1, 0.15) is 10.7 Å². The van der Waals surface area contributed by atoms with Gasteiger partial charge in [0.2, 0.25) is 0 Å². The van der Waals surface area contributed by atoms with Gasteiger partial charge in [-0.15, -0.1) is 0 Å². The minimum absolute atomic E-state index is 0.0382. The first-order chi connectivity index (χ1) is 14.6. The number of hydrogen-bond acceptors (Lipinski definition) is 4. The molecule has 1 aliphatic carbocycles. The molecule has 0 unspecified atom stereocenters. The monoisotopic (exact) mass is 429 g/mol. The van der Waals surface area contributed by atoms with Crippen molar-refractivity contribution in [1.82, 2.24) is 9.80 Å². The number of likely N-dealkylation sites (tertiary alicyclic amines) is 1. The predicted octanol–water partition coefficient (Wildman–Crippen LogP) is 4.27. The Morgan fingerprint density at radius 2 is 1.47 bits per heavy atom. The molecule has 0 bridgehead atoms. The highest BCUT2D eigenvalue weighted by atomic mass is 35.5. The second-order valence-electron chi connectivity index (χ2n) is 8.37. The number of anilines is 1. The summed E-state index contributed by atoms with van der Waals surface area (Å²) in [5, 5.41) is 2.95. The Morgan fingerprint density at radius 3 is 2.10 bits per heavy atom. The zero-order valence-electron chi connectivity index (χ0n) is 17.2. The first-order valence-corrected chi connectivity index (χ1v) is 11.4. The van der Waals surface area contributed by atoms with E-state index in [1.807, 2.05) is 4.90 Å². The summed E-state index contributed by atoms with van der Waals surface area (Å²) in [7, 11) is 0. The number of nitrogens with zero attached hydrogens (tertiary/aromatic N) is 2. The highest BCUT2D eigenvalue weighted by molar-refractivity contribution is 6.48. The van der Waals surface area contributed by atoms with E-state index in [-0.39, 0.29) is 28.6 Å². The summed E-state index contributed by atoms with van der Waals surface area (Å²) >= 11 is 6.23. The van der Waals surface area contributed by atoms with Crippen molar-refractivity contribution in [1.29, 1.82) is 0 Å². The van der Waals surface area contributed by atoms with Gasteiger partial charge in [-0.1, -0.05) is 43.7 Å². The number of amides is 3. The van der Waals surface area contributed by atoms with E-state index in [4.69, 9.17) is 11.6 Å². The Hall–Kier alpha value is -2.34. The van der Waals surface area contributed by atoms with E-state index in [0.717, 1.165) is 58.0 Å². The van der Waals surface area contributed by atoms with Crippen LogP contribution in [0.3, 0.4) is 0 Å². The maximum Gasteiger partial charge on any atom is 0.279 e. The van der Waals surface area contributed by atoms with Crippen molar-refractivity contribution in [2.45, 2.75) is 63.8 Å². The first-order valence-electron chi connectivity index (χ1n) is 11.0. The second-order valence-corrected chi connectivity index (χ2v) is 8.75.